The van der Waals surface area contributed by atoms with Gasteiger partial charge in [-0.3, -0.25) is 9.36 Å². The highest BCUT2D eigenvalue weighted by Gasteiger charge is 2.17. The second-order valence-corrected chi connectivity index (χ2v) is 6.99. The number of imidazole rings is 1. The number of thioether (sulfide) groups is 1. The van der Waals surface area contributed by atoms with Crippen LogP contribution in [-0.4, -0.2) is 34.4 Å². The van der Waals surface area contributed by atoms with E-state index in [0.717, 1.165) is 16.6 Å². The summed E-state index contributed by atoms with van der Waals surface area (Å²) < 4.78 is 7.22. The van der Waals surface area contributed by atoms with E-state index >= 15 is 0 Å². The summed E-state index contributed by atoms with van der Waals surface area (Å²) in [5.41, 5.74) is 0.958. The van der Waals surface area contributed by atoms with E-state index in [1.165, 1.54) is 11.8 Å². The van der Waals surface area contributed by atoms with Crippen LogP contribution in [0.25, 0.3) is 5.69 Å². The van der Waals surface area contributed by atoms with E-state index in [4.69, 9.17) is 4.74 Å². The number of benzene rings is 1. The average Bonchev–Trinajstić information content (AvgIpc) is 3.00. The Morgan fingerprint density at radius 1 is 1.39 bits per heavy atom. The topological polar surface area (TPSA) is 56.2 Å². The first-order chi connectivity index (χ1) is 11.0. The lowest BCUT2D eigenvalue weighted by Gasteiger charge is -2.14. The van der Waals surface area contributed by atoms with Crippen LogP contribution >= 0.6 is 11.8 Å². The Labute approximate surface area is 141 Å². The molecule has 1 heterocycles. The van der Waals surface area contributed by atoms with Crippen molar-refractivity contribution in [3.05, 3.63) is 36.7 Å². The smallest absolute Gasteiger partial charge is 0.233 e. The minimum absolute atomic E-state index is 0.0314. The van der Waals surface area contributed by atoms with Crippen LogP contribution in [0.5, 0.6) is 5.75 Å². The Morgan fingerprint density at radius 2 is 2.17 bits per heavy atom. The van der Waals surface area contributed by atoms with Crippen molar-refractivity contribution in [3.63, 3.8) is 0 Å². The van der Waals surface area contributed by atoms with Gasteiger partial charge in [0.2, 0.25) is 5.91 Å². The normalized spacial score (nSPS) is 12.2. The molecule has 1 aromatic heterocycles. The molecule has 0 saturated carbocycles. The van der Waals surface area contributed by atoms with Gasteiger partial charge in [-0.05, 0) is 25.0 Å². The van der Waals surface area contributed by atoms with Crippen molar-refractivity contribution >= 4 is 17.7 Å². The summed E-state index contributed by atoms with van der Waals surface area (Å²) in [4.78, 5) is 16.5. The predicted octanol–water partition coefficient (Wildman–Crippen LogP) is 3.13. The molecule has 2 rings (SSSR count). The predicted molar refractivity (Wildman–Crippen MR) is 93.3 cm³/mol. The summed E-state index contributed by atoms with van der Waals surface area (Å²) >= 11 is 1.44. The minimum atomic E-state index is -0.208. The molecule has 23 heavy (non-hydrogen) atoms. The fourth-order valence-corrected chi connectivity index (χ4v) is 2.90. The third kappa shape index (κ3) is 4.76. The molecule has 1 unspecified atom stereocenters. The Bertz CT molecular complexity index is 655. The van der Waals surface area contributed by atoms with E-state index in [1.54, 1.807) is 13.3 Å². The second-order valence-electron chi connectivity index (χ2n) is 5.68. The summed E-state index contributed by atoms with van der Waals surface area (Å²) in [6.45, 7) is 6.74. The van der Waals surface area contributed by atoms with Gasteiger partial charge in [0.15, 0.2) is 5.16 Å². The van der Waals surface area contributed by atoms with Crippen LogP contribution in [0.1, 0.15) is 20.8 Å². The first-order valence-corrected chi connectivity index (χ1v) is 8.51. The van der Waals surface area contributed by atoms with Crippen LogP contribution < -0.4 is 10.1 Å². The van der Waals surface area contributed by atoms with Gasteiger partial charge in [-0.15, -0.1) is 0 Å². The highest BCUT2D eigenvalue weighted by atomic mass is 32.2. The van der Waals surface area contributed by atoms with E-state index in [1.807, 2.05) is 42.0 Å². The van der Waals surface area contributed by atoms with E-state index in [-0.39, 0.29) is 11.2 Å². The van der Waals surface area contributed by atoms with E-state index in [0.29, 0.717) is 12.5 Å². The average molecular weight is 333 g/mol. The number of hydrogen-bond donors (Lipinski definition) is 1. The molecule has 2 aromatic rings. The Kier molecular flexibility index (Phi) is 6.10. The third-order valence-electron chi connectivity index (χ3n) is 3.27. The number of methoxy groups -OCH3 is 1. The molecule has 0 aliphatic rings. The lowest BCUT2D eigenvalue weighted by molar-refractivity contribution is -0.120. The van der Waals surface area contributed by atoms with Gasteiger partial charge >= 0.3 is 0 Å². The lowest BCUT2D eigenvalue weighted by Crippen LogP contribution is -2.33. The largest absolute Gasteiger partial charge is 0.497 e. The van der Waals surface area contributed by atoms with Crippen LogP contribution in [0.15, 0.2) is 41.8 Å². The fourth-order valence-electron chi connectivity index (χ4n) is 1.99. The number of carbonyl (C=O) groups is 1. The number of nitrogens with zero attached hydrogens (tertiary/aromatic N) is 2. The third-order valence-corrected chi connectivity index (χ3v) is 4.35. The highest BCUT2D eigenvalue weighted by molar-refractivity contribution is 8.00. The number of nitrogens with one attached hydrogen (secondary N) is 1. The molecule has 1 aromatic carbocycles. The number of carbonyl (C=O) groups excluding carboxylic acids is 1. The van der Waals surface area contributed by atoms with Gasteiger partial charge in [0.25, 0.3) is 0 Å². The van der Waals surface area contributed by atoms with Gasteiger partial charge in [-0.1, -0.05) is 31.7 Å². The van der Waals surface area contributed by atoms with E-state index in [9.17, 15) is 4.79 Å². The Balaban J connectivity index is 2.10. The van der Waals surface area contributed by atoms with Gasteiger partial charge in [0, 0.05) is 25.0 Å². The summed E-state index contributed by atoms with van der Waals surface area (Å²) in [7, 11) is 1.64. The van der Waals surface area contributed by atoms with Gasteiger partial charge in [-0.2, -0.15) is 0 Å². The fraction of sp³-hybridized carbons (Fsp3) is 0.412. The zero-order chi connectivity index (χ0) is 16.8. The van der Waals surface area contributed by atoms with Crippen molar-refractivity contribution in [3.8, 4) is 11.4 Å². The number of ether oxygens (including phenoxy) is 1. The van der Waals surface area contributed by atoms with Crippen molar-refractivity contribution < 1.29 is 9.53 Å². The maximum atomic E-state index is 12.1. The van der Waals surface area contributed by atoms with Gasteiger partial charge in [0.05, 0.1) is 18.0 Å². The molecule has 0 bridgehead atoms. The van der Waals surface area contributed by atoms with Gasteiger partial charge in [-0.25, -0.2) is 4.98 Å². The van der Waals surface area contributed by atoms with Crippen LogP contribution in [0.3, 0.4) is 0 Å². The molecular formula is C17H23N3O2S. The zero-order valence-electron chi connectivity index (χ0n) is 13.9. The molecule has 1 amide bonds. The van der Waals surface area contributed by atoms with Gasteiger partial charge < -0.3 is 10.1 Å². The SMILES string of the molecule is COc1cccc(-n2ccnc2SC(C)C(=O)NCC(C)C)c1. The molecule has 124 valence electrons. The van der Waals surface area contributed by atoms with E-state index in [2.05, 4.69) is 24.1 Å². The molecule has 0 aliphatic carbocycles. The monoisotopic (exact) mass is 333 g/mol. The summed E-state index contributed by atoms with van der Waals surface area (Å²) in [5, 5.41) is 3.53. The van der Waals surface area contributed by atoms with Crippen molar-refractivity contribution in [1.29, 1.82) is 0 Å². The zero-order valence-corrected chi connectivity index (χ0v) is 14.8. The standard InChI is InChI=1S/C17H23N3O2S/c1-12(2)11-19-16(21)13(3)23-17-18-8-9-20(17)14-6-5-7-15(10-14)22-4/h5-10,12-13H,11H2,1-4H3,(H,19,21). The van der Waals surface area contributed by atoms with Gasteiger partial charge in [0.1, 0.15) is 5.75 Å². The van der Waals surface area contributed by atoms with Crippen LogP contribution in [-0.2, 0) is 4.79 Å². The molecule has 1 N–H and O–H groups in total. The summed E-state index contributed by atoms with van der Waals surface area (Å²) in [6.07, 6.45) is 3.62. The van der Waals surface area contributed by atoms with Crippen LogP contribution in [0.4, 0.5) is 0 Å². The Morgan fingerprint density at radius 3 is 2.87 bits per heavy atom. The van der Waals surface area contributed by atoms with Crippen molar-refractivity contribution in [2.75, 3.05) is 13.7 Å². The highest BCUT2D eigenvalue weighted by Crippen LogP contribution is 2.26. The molecule has 6 heteroatoms. The van der Waals surface area contributed by atoms with Crippen molar-refractivity contribution in [1.82, 2.24) is 14.9 Å². The maximum absolute atomic E-state index is 12.1. The van der Waals surface area contributed by atoms with Crippen molar-refractivity contribution in [2.45, 2.75) is 31.2 Å². The quantitative estimate of drug-likeness (QED) is 0.791. The summed E-state index contributed by atoms with van der Waals surface area (Å²) in [5.74, 6) is 1.26. The van der Waals surface area contributed by atoms with Crippen molar-refractivity contribution in [2.24, 2.45) is 5.92 Å². The molecular weight excluding hydrogens is 310 g/mol. The van der Waals surface area contributed by atoms with Crippen LogP contribution in [0, 0.1) is 5.92 Å². The lowest BCUT2D eigenvalue weighted by atomic mass is 10.2. The molecule has 0 fully saturated rings. The van der Waals surface area contributed by atoms with E-state index < -0.39 is 0 Å². The number of amides is 1. The maximum Gasteiger partial charge on any atom is 0.233 e. The molecule has 0 radical (unpaired) electrons. The summed E-state index contributed by atoms with van der Waals surface area (Å²) in [6, 6.07) is 7.75. The van der Waals surface area contributed by atoms with Crippen LogP contribution in [0.2, 0.25) is 0 Å². The second kappa shape index (κ2) is 8.06. The number of rotatable bonds is 7. The molecule has 0 spiro atoms. The molecule has 0 aliphatic heterocycles. The first kappa shape index (κ1) is 17.4. The molecule has 1 atom stereocenters. The first-order valence-electron chi connectivity index (χ1n) is 7.63. The number of aromatic nitrogens is 2. The molecule has 5 nitrogen and oxygen atoms in total. The molecule has 0 saturated heterocycles. The number of hydrogen-bond acceptors (Lipinski definition) is 4. The minimum Gasteiger partial charge on any atom is -0.497 e. The Hall–Kier alpha value is -1.95.